The summed E-state index contributed by atoms with van der Waals surface area (Å²) in [6, 6.07) is 9.82. The second-order valence-electron chi connectivity index (χ2n) is 6.08. The molecule has 0 radical (unpaired) electrons. The second-order valence-corrected chi connectivity index (χ2v) is 7.25. The lowest BCUT2D eigenvalue weighted by molar-refractivity contribution is -0.120. The molecule has 0 saturated carbocycles. The molecule has 5 nitrogen and oxygen atoms in total. The summed E-state index contributed by atoms with van der Waals surface area (Å²) in [6.07, 6.45) is 1.90. The standard InChI is InChI=1S/C21H25IN2O3/c1-5-26-19-11-17(10-18(22)21(19)27-6-2)13-23-24-20(25)12-16-8-7-14(3)15(4)9-16/h7-11,13H,5-6,12H2,1-4H3,(H,24,25)/b23-13-. The van der Waals surface area contributed by atoms with Crippen molar-refractivity contribution in [1.29, 1.82) is 0 Å². The van der Waals surface area contributed by atoms with E-state index in [0.29, 0.717) is 25.4 Å². The Morgan fingerprint density at radius 1 is 1.11 bits per heavy atom. The van der Waals surface area contributed by atoms with Gasteiger partial charge in [0.2, 0.25) is 5.91 Å². The lowest BCUT2D eigenvalue weighted by atomic mass is 10.0. The highest BCUT2D eigenvalue weighted by Gasteiger charge is 2.11. The predicted octanol–water partition coefficient (Wildman–Crippen LogP) is 4.40. The highest BCUT2D eigenvalue weighted by atomic mass is 127. The number of halogens is 1. The Morgan fingerprint density at radius 2 is 1.85 bits per heavy atom. The molecule has 6 heteroatoms. The van der Waals surface area contributed by atoms with Gasteiger partial charge >= 0.3 is 0 Å². The molecule has 0 saturated heterocycles. The van der Waals surface area contributed by atoms with Crippen LogP contribution in [0.5, 0.6) is 11.5 Å². The summed E-state index contributed by atoms with van der Waals surface area (Å²) in [5.41, 5.74) is 6.78. The van der Waals surface area contributed by atoms with Gasteiger partial charge in [-0.3, -0.25) is 4.79 Å². The normalized spacial score (nSPS) is 10.9. The summed E-state index contributed by atoms with van der Waals surface area (Å²) in [5.74, 6) is 1.25. The molecule has 0 fully saturated rings. The highest BCUT2D eigenvalue weighted by Crippen LogP contribution is 2.33. The Morgan fingerprint density at radius 3 is 2.52 bits per heavy atom. The van der Waals surface area contributed by atoms with Crippen LogP contribution in [0.2, 0.25) is 0 Å². The molecule has 1 amide bonds. The molecule has 2 aromatic rings. The first kappa shape index (κ1) is 21.2. The van der Waals surface area contributed by atoms with Crippen LogP contribution in [-0.4, -0.2) is 25.3 Å². The molecule has 27 heavy (non-hydrogen) atoms. The number of ether oxygens (including phenoxy) is 2. The third-order valence-corrected chi connectivity index (χ3v) is 4.76. The third kappa shape index (κ3) is 6.23. The molecular formula is C21H25IN2O3. The molecule has 2 aromatic carbocycles. The maximum absolute atomic E-state index is 12.1. The van der Waals surface area contributed by atoms with Gasteiger partial charge < -0.3 is 9.47 Å². The summed E-state index contributed by atoms with van der Waals surface area (Å²) in [4.78, 5) is 12.1. The Kier molecular flexibility index (Phi) is 8.09. The summed E-state index contributed by atoms with van der Waals surface area (Å²) in [6.45, 7) is 9.07. The SMILES string of the molecule is CCOc1cc(/C=N\NC(=O)Cc2ccc(C)c(C)c2)cc(I)c1OCC. The summed E-state index contributed by atoms with van der Waals surface area (Å²) in [7, 11) is 0. The van der Waals surface area contributed by atoms with Crippen LogP contribution in [0.4, 0.5) is 0 Å². The van der Waals surface area contributed by atoms with E-state index in [1.807, 2.05) is 51.1 Å². The van der Waals surface area contributed by atoms with Crippen LogP contribution in [0.15, 0.2) is 35.4 Å². The highest BCUT2D eigenvalue weighted by molar-refractivity contribution is 14.1. The molecule has 144 valence electrons. The van der Waals surface area contributed by atoms with Crippen molar-refractivity contribution in [2.75, 3.05) is 13.2 Å². The Labute approximate surface area is 174 Å². The molecule has 0 unspecified atom stereocenters. The molecule has 0 aliphatic carbocycles. The molecule has 0 atom stereocenters. The lowest BCUT2D eigenvalue weighted by Gasteiger charge is -2.13. The number of rotatable bonds is 8. The fourth-order valence-corrected chi connectivity index (χ4v) is 3.31. The van der Waals surface area contributed by atoms with E-state index in [-0.39, 0.29) is 5.91 Å². The number of benzene rings is 2. The minimum absolute atomic E-state index is 0.153. The van der Waals surface area contributed by atoms with Gasteiger partial charge in [-0.1, -0.05) is 18.2 Å². The van der Waals surface area contributed by atoms with Crippen molar-refractivity contribution >= 4 is 34.7 Å². The Bertz CT molecular complexity index is 834. The van der Waals surface area contributed by atoms with Crippen molar-refractivity contribution < 1.29 is 14.3 Å². The Balaban J connectivity index is 2.04. The zero-order valence-corrected chi connectivity index (χ0v) is 18.3. The van der Waals surface area contributed by atoms with Gasteiger partial charge in [-0.2, -0.15) is 5.10 Å². The first-order valence-electron chi connectivity index (χ1n) is 8.91. The van der Waals surface area contributed by atoms with E-state index in [2.05, 4.69) is 40.0 Å². The molecule has 0 heterocycles. The van der Waals surface area contributed by atoms with E-state index in [1.165, 1.54) is 11.1 Å². The fraction of sp³-hybridized carbons (Fsp3) is 0.333. The quantitative estimate of drug-likeness (QED) is 0.346. The summed E-state index contributed by atoms with van der Waals surface area (Å²) >= 11 is 2.21. The number of hydrogen-bond donors (Lipinski definition) is 1. The van der Waals surface area contributed by atoms with Crippen LogP contribution in [0.1, 0.15) is 36.1 Å². The van der Waals surface area contributed by atoms with E-state index in [1.54, 1.807) is 6.21 Å². The molecule has 0 bridgehead atoms. The summed E-state index contributed by atoms with van der Waals surface area (Å²) < 4.78 is 12.2. The van der Waals surface area contributed by atoms with Crippen LogP contribution in [0.25, 0.3) is 0 Å². The van der Waals surface area contributed by atoms with Gasteiger partial charge in [0.25, 0.3) is 0 Å². The van der Waals surface area contributed by atoms with Gasteiger partial charge in [0.05, 0.1) is 29.4 Å². The van der Waals surface area contributed by atoms with Gasteiger partial charge in [-0.15, -0.1) is 0 Å². The van der Waals surface area contributed by atoms with Gasteiger partial charge in [0, 0.05) is 0 Å². The van der Waals surface area contributed by atoms with Crippen LogP contribution in [0, 0.1) is 17.4 Å². The van der Waals surface area contributed by atoms with Crippen molar-refractivity contribution in [2.45, 2.75) is 34.1 Å². The lowest BCUT2D eigenvalue weighted by Crippen LogP contribution is -2.19. The van der Waals surface area contributed by atoms with Crippen molar-refractivity contribution in [3.05, 3.63) is 56.2 Å². The number of aryl methyl sites for hydroxylation is 2. The largest absolute Gasteiger partial charge is 0.490 e. The molecule has 0 aliphatic rings. The molecular weight excluding hydrogens is 455 g/mol. The van der Waals surface area contributed by atoms with Crippen molar-refractivity contribution in [2.24, 2.45) is 5.10 Å². The fourth-order valence-electron chi connectivity index (χ4n) is 2.53. The monoisotopic (exact) mass is 480 g/mol. The van der Waals surface area contributed by atoms with E-state index < -0.39 is 0 Å². The van der Waals surface area contributed by atoms with E-state index in [9.17, 15) is 4.79 Å². The number of carbonyl (C=O) groups excluding carboxylic acids is 1. The van der Waals surface area contributed by atoms with Crippen LogP contribution in [-0.2, 0) is 11.2 Å². The van der Waals surface area contributed by atoms with Gasteiger partial charge in [-0.05, 0) is 84.7 Å². The van der Waals surface area contributed by atoms with E-state index >= 15 is 0 Å². The van der Waals surface area contributed by atoms with Gasteiger partial charge in [0.15, 0.2) is 11.5 Å². The topological polar surface area (TPSA) is 59.9 Å². The number of hydrazone groups is 1. The molecule has 1 N–H and O–H groups in total. The number of hydrogen-bond acceptors (Lipinski definition) is 4. The number of amides is 1. The minimum Gasteiger partial charge on any atom is -0.490 e. The minimum atomic E-state index is -0.153. The predicted molar refractivity (Wildman–Crippen MR) is 117 cm³/mol. The van der Waals surface area contributed by atoms with Crippen LogP contribution in [0.3, 0.4) is 0 Å². The maximum atomic E-state index is 12.1. The van der Waals surface area contributed by atoms with Crippen molar-refractivity contribution in [3.63, 3.8) is 0 Å². The van der Waals surface area contributed by atoms with Crippen LogP contribution < -0.4 is 14.9 Å². The molecule has 2 rings (SSSR count). The smallest absolute Gasteiger partial charge is 0.244 e. The number of carbonyl (C=O) groups is 1. The average molecular weight is 480 g/mol. The molecule has 0 aromatic heterocycles. The maximum Gasteiger partial charge on any atom is 0.244 e. The van der Waals surface area contributed by atoms with E-state index in [4.69, 9.17) is 9.47 Å². The third-order valence-electron chi connectivity index (χ3n) is 3.96. The van der Waals surface area contributed by atoms with Crippen LogP contribution >= 0.6 is 22.6 Å². The second kappa shape index (κ2) is 10.3. The molecule has 0 aliphatic heterocycles. The zero-order valence-electron chi connectivity index (χ0n) is 16.1. The Hall–Kier alpha value is -2.09. The number of nitrogens with one attached hydrogen (secondary N) is 1. The first-order chi connectivity index (χ1) is 12.9. The first-order valence-corrected chi connectivity index (χ1v) is 9.99. The average Bonchev–Trinajstić information content (AvgIpc) is 2.61. The summed E-state index contributed by atoms with van der Waals surface area (Å²) in [5, 5.41) is 4.07. The van der Waals surface area contributed by atoms with Gasteiger partial charge in [-0.25, -0.2) is 5.43 Å². The van der Waals surface area contributed by atoms with Crippen molar-refractivity contribution in [3.8, 4) is 11.5 Å². The van der Waals surface area contributed by atoms with E-state index in [0.717, 1.165) is 20.4 Å². The van der Waals surface area contributed by atoms with Gasteiger partial charge in [0.1, 0.15) is 0 Å². The van der Waals surface area contributed by atoms with Crippen molar-refractivity contribution in [1.82, 2.24) is 5.43 Å². The molecule has 0 spiro atoms. The number of nitrogens with zero attached hydrogens (tertiary/aromatic N) is 1. The zero-order chi connectivity index (χ0) is 19.8.